The van der Waals surface area contributed by atoms with Crippen LogP contribution in [0, 0.1) is 5.82 Å². The Morgan fingerprint density at radius 3 is 2.71 bits per heavy atom. The molecule has 0 unspecified atom stereocenters. The lowest BCUT2D eigenvalue weighted by Crippen LogP contribution is -2.27. The lowest BCUT2D eigenvalue weighted by molar-refractivity contribution is 0.0422. The van der Waals surface area contributed by atoms with E-state index in [0.717, 1.165) is 42.7 Å². The van der Waals surface area contributed by atoms with Gasteiger partial charge in [-0.05, 0) is 44.0 Å². The number of carbonyl (C=O) groups excluding carboxylic acids is 1. The third-order valence-electron chi connectivity index (χ3n) is 4.76. The number of alkyl halides is 2. The van der Waals surface area contributed by atoms with Gasteiger partial charge in [-0.2, -0.15) is 13.9 Å². The Kier molecular flexibility index (Phi) is 3.21. The number of carbonyl (C=O) groups is 1. The van der Waals surface area contributed by atoms with Gasteiger partial charge in [0.05, 0.1) is 23.0 Å². The molecule has 1 fully saturated rings. The molecule has 0 bridgehead atoms. The third kappa shape index (κ3) is 1.99. The minimum atomic E-state index is -3.42. The zero-order valence-electron chi connectivity index (χ0n) is 12.7. The van der Waals surface area contributed by atoms with Crippen LogP contribution in [0.5, 0.6) is 0 Å². The van der Waals surface area contributed by atoms with Gasteiger partial charge in [-0.15, -0.1) is 0 Å². The second kappa shape index (κ2) is 5.07. The van der Waals surface area contributed by atoms with Crippen LogP contribution in [0.2, 0.25) is 0 Å². The highest BCUT2D eigenvalue weighted by Gasteiger charge is 2.50. The highest BCUT2D eigenvalue weighted by atomic mass is 19.3. The van der Waals surface area contributed by atoms with Gasteiger partial charge in [0.1, 0.15) is 11.5 Å². The molecule has 0 radical (unpaired) electrons. The van der Waals surface area contributed by atoms with Crippen molar-refractivity contribution >= 4 is 5.91 Å². The highest BCUT2D eigenvalue weighted by molar-refractivity contribution is 5.97. The van der Waals surface area contributed by atoms with Gasteiger partial charge in [0.15, 0.2) is 0 Å². The van der Waals surface area contributed by atoms with Crippen LogP contribution >= 0.6 is 0 Å². The fourth-order valence-electron chi connectivity index (χ4n) is 3.66. The number of piperidine rings is 1. The molecule has 3 heterocycles. The van der Waals surface area contributed by atoms with Crippen LogP contribution in [-0.2, 0) is 5.92 Å². The minimum absolute atomic E-state index is 0.0444. The van der Waals surface area contributed by atoms with Gasteiger partial charge in [-0.3, -0.25) is 4.79 Å². The summed E-state index contributed by atoms with van der Waals surface area (Å²) in [5.74, 6) is -5.35. The lowest BCUT2D eigenvalue weighted by atomic mass is 9.88. The van der Waals surface area contributed by atoms with Crippen molar-refractivity contribution in [3.8, 4) is 5.69 Å². The van der Waals surface area contributed by atoms with Crippen molar-refractivity contribution in [3.63, 3.8) is 0 Å². The average Bonchev–Trinajstić information content (AvgIpc) is 3.07. The highest BCUT2D eigenvalue weighted by Crippen LogP contribution is 2.50. The maximum atomic E-state index is 15.0. The molecule has 0 spiro atoms. The molecule has 0 atom stereocenters. The summed E-state index contributed by atoms with van der Waals surface area (Å²) in [6.45, 7) is 1.49. The van der Waals surface area contributed by atoms with E-state index in [1.807, 2.05) is 0 Å². The topological polar surface area (TPSA) is 72.9 Å². The van der Waals surface area contributed by atoms with Crippen LogP contribution in [-0.4, -0.2) is 28.8 Å². The molecule has 3 N–H and O–H groups in total. The van der Waals surface area contributed by atoms with E-state index in [-0.39, 0.29) is 22.9 Å². The second-order valence-electron chi connectivity index (χ2n) is 6.17. The Hall–Kier alpha value is -2.35. The molecule has 1 aromatic heterocycles. The predicted molar refractivity (Wildman–Crippen MR) is 79.9 cm³/mol. The molecule has 1 aromatic carbocycles. The molecule has 5 nitrogen and oxygen atoms in total. The molecule has 2 aliphatic heterocycles. The number of rotatable bonds is 2. The molecule has 0 aliphatic carbocycles. The molecule has 24 heavy (non-hydrogen) atoms. The van der Waals surface area contributed by atoms with Crippen LogP contribution in [0.4, 0.5) is 13.2 Å². The van der Waals surface area contributed by atoms with Crippen LogP contribution in [0.25, 0.3) is 5.69 Å². The molecular formula is C16H15F3N4O. The van der Waals surface area contributed by atoms with Crippen LogP contribution < -0.4 is 11.1 Å². The number of hydrogen-bond donors (Lipinski definition) is 2. The van der Waals surface area contributed by atoms with Crippen molar-refractivity contribution in [2.75, 3.05) is 13.1 Å². The molecule has 2 aromatic rings. The van der Waals surface area contributed by atoms with E-state index in [1.165, 1.54) is 6.20 Å². The quantitative estimate of drug-likeness (QED) is 0.881. The Bertz CT molecular complexity index is 840. The van der Waals surface area contributed by atoms with Crippen molar-refractivity contribution in [3.05, 3.63) is 46.5 Å². The number of nitrogens with one attached hydrogen (secondary N) is 1. The summed E-state index contributed by atoms with van der Waals surface area (Å²) in [5.41, 5.74) is 4.45. The number of primary amides is 1. The lowest BCUT2D eigenvalue weighted by Gasteiger charge is -2.23. The number of nitrogens with two attached hydrogens (primary N) is 1. The standard InChI is InChI=1S/C16H15F3N4O/c17-9-5-10(15(20)24)13-12(6-9)16(18,19)14-11(7-22-23(13)14)8-1-3-21-4-2-8/h5-8,21H,1-4H2,(H2,20,24). The number of fused-ring (bicyclic) bond motifs is 3. The minimum Gasteiger partial charge on any atom is -0.366 e. The number of amides is 1. The number of halogens is 3. The van der Waals surface area contributed by atoms with E-state index in [0.29, 0.717) is 5.56 Å². The first-order valence-corrected chi connectivity index (χ1v) is 7.72. The van der Waals surface area contributed by atoms with E-state index in [4.69, 9.17) is 5.73 Å². The largest absolute Gasteiger partial charge is 0.366 e. The van der Waals surface area contributed by atoms with Crippen molar-refractivity contribution in [2.45, 2.75) is 24.7 Å². The van der Waals surface area contributed by atoms with Crippen molar-refractivity contribution < 1.29 is 18.0 Å². The molecule has 4 rings (SSSR count). The number of hydrogen-bond acceptors (Lipinski definition) is 3. The smallest absolute Gasteiger partial charge is 0.317 e. The fraction of sp³-hybridized carbons (Fsp3) is 0.375. The maximum absolute atomic E-state index is 15.0. The first kappa shape index (κ1) is 15.2. The van der Waals surface area contributed by atoms with Gasteiger partial charge < -0.3 is 11.1 Å². The zero-order valence-corrected chi connectivity index (χ0v) is 12.7. The van der Waals surface area contributed by atoms with Crippen LogP contribution in [0.15, 0.2) is 18.3 Å². The van der Waals surface area contributed by atoms with Crippen molar-refractivity contribution in [1.82, 2.24) is 15.1 Å². The summed E-state index contributed by atoms with van der Waals surface area (Å²) in [6.07, 6.45) is 2.88. The van der Waals surface area contributed by atoms with Gasteiger partial charge in [-0.1, -0.05) is 0 Å². The fourth-order valence-corrected chi connectivity index (χ4v) is 3.66. The van der Waals surface area contributed by atoms with Crippen molar-refractivity contribution in [1.29, 1.82) is 0 Å². The SMILES string of the molecule is NC(=O)c1cc(F)cc2c1-n1ncc(C3CCNCC3)c1C2(F)F. The van der Waals surface area contributed by atoms with E-state index < -0.39 is 23.2 Å². The van der Waals surface area contributed by atoms with Crippen LogP contribution in [0.1, 0.15) is 45.9 Å². The molecule has 8 heteroatoms. The molecule has 1 amide bonds. The molecule has 1 saturated heterocycles. The summed E-state index contributed by atoms with van der Waals surface area (Å²) in [6, 6.07) is 1.63. The zero-order chi connectivity index (χ0) is 17.1. The Balaban J connectivity index is 1.94. The number of benzene rings is 1. The first-order valence-electron chi connectivity index (χ1n) is 7.72. The Morgan fingerprint density at radius 2 is 2.04 bits per heavy atom. The monoisotopic (exact) mass is 336 g/mol. The van der Waals surface area contributed by atoms with Gasteiger partial charge >= 0.3 is 5.92 Å². The van der Waals surface area contributed by atoms with Gasteiger partial charge in [-0.25, -0.2) is 9.07 Å². The van der Waals surface area contributed by atoms with E-state index in [1.54, 1.807) is 0 Å². The van der Waals surface area contributed by atoms with E-state index in [9.17, 15) is 9.18 Å². The van der Waals surface area contributed by atoms with Crippen molar-refractivity contribution in [2.24, 2.45) is 5.73 Å². The predicted octanol–water partition coefficient (Wildman–Crippen LogP) is 2.03. The number of nitrogens with zero attached hydrogens (tertiary/aromatic N) is 2. The molecular weight excluding hydrogens is 321 g/mol. The summed E-state index contributed by atoms with van der Waals surface area (Å²) in [7, 11) is 0. The molecule has 2 aliphatic rings. The first-order chi connectivity index (χ1) is 11.4. The van der Waals surface area contributed by atoms with Crippen LogP contribution in [0.3, 0.4) is 0 Å². The Morgan fingerprint density at radius 1 is 1.33 bits per heavy atom. The summed E-state index contributed by atoms with van der Waals surface area (Å²) < 4.78 is 44.8. The normalized spacial score (nSPS) is 19.1. The van der Waals surface area contributed by atoms with Gasteiger partial charge in [0.25, 0.3) is 5.91 Å². The summed E-state index contributed by atoms with van der Waals surface area (Å²) >= 11 is 0. The Labute approximate surface area is 135 Å². The summed E-state index contributed by atoms with van der Waals surface area (Å²) in [4.78, 5) is 11.6. The van der Waals surface area contributed by atoms with E-state index in [2.05, 4.69) is 10.4 Å². The summed E-state index contributed by atoms with van der Waals surface area (Å²) in [5, 5.41) is 7.26. The van der Waals surface area contributed by atoms with Gasteiger partial charge in [0.2, 0.25) is 0 Å². The molecule has 126 valence electrons. The maximum Gasteiger partial charge on any atom is 0.317 e. The third-order valence-corrected chi connectivity index (χ3v) is 4.76. The van der Waals surface area contributed by atoms with Gasteiger partial charge in [0, 0.05) is 5.56 Å². The second-order valence-corrected chi connectivity index (χ2v) is 6.17. The van der Waals surface area contributed by atoms with E-state index >= 15 is 8.78 Å². The average molecular weight is 336 g/mol. The molecule has 0 saturated carbocycles. The number of aromatic nitrogens is 2.